The third-order valence-electron chi connectivity index (χ3n) is 2.50. The van der Waals surface area contributed by atoms with Gasteiger partial charge in [0.1, 0.15) is 11.6 Å². The van der Waals surface area contributed by atoms with Gasteiger partial charge in [-0.25, -0.2) is 8.78 Å². The molecule has 0 spiro atoms. The number of rotatable bonds is 3. The molecular formula is C13H10ClF2NOS. The highest BCUT2D eigenvalue weighted by Crippen LogP contribution is 2.23. The lowest BCUT2D eigenvalue weighted by Crippen LogP contribution is -2.01. The van der Waals surface area contributed by atoms with Crippen LogP contribution in [0.4, 0.5) is 14.5 Å². The first-order chi connectivity index (χ1) is 8.97. The molecule has 0 bridgehead atoms. The van der Waals surface area contributed by atoms with Gasteiger partial charge in [0.2, 0.25) is 0 Å². The Balaban J connectivity index is 2.28. The van der Waals surface area contributed by atoms with Crippen LogP contribution in [0.25, 0.3) is 0 Å². The van der Waals surface area contributed by atoms with Crippen LogP contribution in [-0.2, 0) is 16.6 Å². The van der Waals surface area contributed by atoms with Gasteiger partial charge < -0.3 is 5.73 Å². The zero-order chi connectivity index (χ0) is 14.0. The average molecular weight is 302 g/mol. The standard InChI is InChI=1S/C13H10ClF2NOS/c14-11-6-10(17)3-1-8(11)7-19(18)13-5-9(15)2-4-12(13)16/h1-6H,7,17H2. The van der Waals surface area contributed by atoms with E-state index in [0.29, 0.717) is 16.3 Å². The molecule has 0 aliphatic heterocycles. The van der Waals surface area contributed by atoms with Crippen LogP contribution in [0, 0.1) is 11.6 Å². The topological polar surface area (TPSA) is 43.1 Å². The van der Waals surface area contributed by atoms with E-state index in [-0.39, 0.29) is 10.6 Å². The highest BCUT2D eigenvalue weighted by atomic mass is 35.5. The molecule has 2 N–H and O–H groups in total. The fraction of sp³-hybridized carbons (Fsp3) is 0.0769. The van der Waals surface area contributed by atoms with Crippen molar-refractivity contribution in [3.8, 4) is 0 Å². The maximum atomic E-state index is 13.5. The van der Waals surface area contributed by atoms with E-state index in [1.807, 2.05) is 0 Å². The fourth-order valence-electron chi connectivity index (χ4n) is 1.55. The fourth-order valence-corrected chi connectivity index (χ4v) is 3.11. The molecule has 2 nitrogen and oxygen atoms in total. The smallest absolute Gasteiger partial charge is 0.139 e. The normalized spacial score (nSPS) is 12.4. The van der Waals surface area contributed by atoms with Crippen LogP contribution in [0.15, 0.2) is 41.3 Å². The SMILES string of the molecule is Nc1ccc(CS(=O)c2cc(F)ccc2F)c(Cl)c1. The minimum atomic E-state index is -1.71. The highest BCUT2D eigenvalue weighted by molar-refractivity contribution is 7.84. The first kappa shape index (κ1) is 14.0. The van der Waals surface area contributed by atoms with Crippen LogP contribution in [0.5, 0.6) is 0 Å². The lowest BCUT2D eigenvalue weighted by atomic mass is 10.2. The van der Waals surface area contributed by atoms with E-state index in [1.165, 1.54) is 6.07 Å². The zero-order valence-electron chi connectivity index (χ0n) is 9.70. The predicted octanol–water partition coefficient (Wildman–Crippen LogP) is 3.51. The second-order valence-electron chi connectivity index (χ2n) is 3.92. The second kappa shape index (κ2) is 5.67. The number of nitrogen functional groups attached to an aromatic ring is 1. The van der Waals surface area contributed by atoms with Crippen molar-refractivity contribution < 1.29 is 13.0 Å². The van der Waals surface area contributed by atoms with Crippen molar-refractivity contribution in [2.24, 2.45) is 0 Å². The van der Waals surface area contributed by atoms with E-state index in [2.05, 4.69) is 0 Å². The van der Waals surface area contributed by atoms with E-state index in [1.54, 1.807) is 12.1 Å². The van der Waals surface area contributed by atoms with Crippen LogP contribution in [0.2, 0.25) is 5.02 Å². The molecule has 0 amide bonds. The van der Waals surface area contributed by atoms with E-state index < -0.39 is 22.4 Å². The summed E-state index contributed by atoms with van der Waals surface area (Å²) >= 11 is 5.95. The van der Waals surface area contributed by atoms with Crippen molar-refractivity contribution in [1.82, 2.24) is 0 Å². The summed E-state index contributed by atoms with van der Waals surface area (Å²) in [4.78, 5) is -0.173. The van der Waals surface area contributed by atoms with E-state index in [0.717, 1.165) is 18.2 Å². The molecular weight excluding hydrogens is 292 g/mol. The van der Waals surface area contributed by atoms with Crippen LogP contribution < -0.4 is 5.73 Å². The van der Waals surface area contributed by atoms with Crippen molar-refractivity contribution in [1.29, 1.82) is 0 Å². The maximum Gasteiger partial charge on any atom is 0.139 e. The van der Waals surface area contributed by atoms with Crippen LogP contribution in [-0.4, -0.2) is 4.21 Å². The third kappa shape index (κ3) is 3.30. The van der Waals surface area contributed by atoms with E-state index in [4.69, 9.17) is 17.3 Å². The molecule has 100 valence electrons. The molecule has 1 unspecified atom stereocenters. The molecule has 0 saturated heterocycles. The number of halogens is 3. The average Bonchev–Trinajstić information content (AvgIpc) is 2.35. The van der Waals surface area contributed by atoms with Crippen molar-refractivity contribution in [3.05, 3.63) is 58.6 Å². The summed E-state index contributed by atoms with van der Waals surface area (Å²) in [7, 11) is -1.71. The van der Waals surface area contributed by atoms with Gasteiger partial charge >= 0.3 is 0 Å². The van der Waals surface area contributed by atoms with Gasteiger partial charge in [0, 0.05) is 10.7 Å². The third-order valence-corrected chi connectivity index (χ3v) is 4.23. The molecule has 1 atom stereocenters. The summed E-state index contributed by atoms with van der Waals surface area (Å²) in [6, 6.07) is 7.61. The molecule has 0 heterocycles. The Labute approximate surface area is 116 Å². The summed E-state index contributed by atoms with van der Waals surface area (Å²) in [5.41, 5.74) is 6.59. The van der Waals surface area contributed by atoms with Crippen molar-refractivity contribution in [3.63, 3.8) is 0 Å². The molecule has 0 saturated carbocycles. The largest absolute Gasteiger partial charge is 0.399 e. The maximum absolute atomic E-state index is 13.5. The van der Waals surface area contributed by atoms with Crippen molar-refractivity contribution in [2.75, 3.05) is 5.73 Å². The van der Waals surface area contributed by atoms with Crippen LogP contribution in [0.1, 0.15) is 5.56 Å². The minimum absolute atomic E-state index is 0.000509. The van der Waals surface area contributed by atoms with Gasteiger partial charge in [-0.05, 0) is 35.9 Å². The van der Waals surface area contributed by atoms with Crippen molar-refractivity contribution in [2.45, 2.75) is 10.6 Å². The molecule has 0 radical (unpaired) electrons. The number of hydrogen-bond acceptors (Lipinski definition) is 2. The molecule has 0 aliphatic rings. The molecule has 2 rings (SSSR count). The molecule has 0 aromatic heterocycles. The summed E-state index contributed by atoms with van der Waals surface area (Å²) in [6.07, 6.45) is 0. The zero-order valence-corrected chi connectivity index (χ0v) is 11.3. The number of hydrogen-bond donors (Lipinski definition) is 1. The molecule has 19 heavy (non-hydrogen) atoms. The summed E-state index contributed by atoms with van der Waals surface area (Å²) in [5, 5.41) is 0.352. The lowest BCUT2D eigenvalue weighted by molar-refractivity contribution is 0.572. The highest BCUT2D eigenvalue weighted by Gasteiger charge is 2.13. The molecule has 0 fully saturated rings. The van der Waals surface area contributed by atoms with Crippen molar-refractivity contribution >= 4 is 28.1 Å². The molecule has 0 aliphatic carbocycles. The van der Waals surface area contributed by atoms with Crippen LogP contribution in [0.3, 0.4) is 0 Å². The Morgan fingerprint density at radius 1 is 1.16 bits per heavy atom. The van der Waals surface area contributed by atoms with Gasteiger partial charge in [-0.3, -0.25) is 4.21 Å². The summed E-state index contributed by atoms with van der Waals surface area (Å²) in [6.45, 7) is 0. The second-order valence-corrected chi connectivity index (χ2v) is 5.74. The van der Waals surface area contributed by atoms with E-state index in [9.17, 15) is 13.0 Å². The number of anilines is 1. The van der Waals surface area contributed by atoms with E-state index >= 15 is 0 Å². The van der Waals surface area contributed by atoms with Gasteiger partial charge in [-0.2, -0.15) is 0 Å². The summed E-state index contributed by atoms with van der Waals surface area (Å²) < 4.78 is 38.5. The Bertz CT molecular complexity index is 649. The van der Waals surface area contributed by atoms with Crippen LogP contribution >= 0.6 is 11.6 Å². The Morgan fingerprint density at radius 2 is 1.89 bits per heavy atom. The number of nitrogens with two attached hydrogens (primary N) is 1. The van der Waals surface area contributed by atoms with Gasteiger partial charge in [-0.1, -0.05) is 17.7 Å². The number of benzene rings is 2. The first-order valence-electron chi connectivity index (χ1n) is 5.34. The quantitative estimate of drug-likeness (QED) is 0.882. The monoisotopic (exact) mass is 301 g/mol. The van der Waals surface area contributed by atoms with Gasteiger partial charge in [0.25, 0.3) is 0 Å². The minimum Gasteiger partial charge on any atom is -0.399 e. The summed E-state index contributed by atoms with van der Waals surface area (Å²) in [5.74, 6) is -1.33. The molecule has 2 aromatic rings. The van der Waals surface area contributed by atoms with Gasteiger partial charge in [-0.15, -0.1) is 0 Å². The molecule has 6 heteroatoms. The Hall–Kier alpha value is -1.46. The Morgan fingerprint density at radius 3 is 2.58 bits per heavy atom. The van der Waals surface area contributed by atoms with Gasteiger partial charge in [0.15, 0.2) is 0 Å². The Kier molecular flexibility index (Phi) is 4.17. The molecule has 2 aromatic carbocycles. The lowest BCUT2D eigenvalue weighted by Gasteiger charge is -2.06. The first-order valence-corrected chi connectivity index (χ1v) is 7.04. The van der Waals surface area contributed by atoms with Gasteiger partial charge in [0.05, 0.1) is 21.4 Å². The predicted molar refractivity (Wildman–Crippen MR) is 72.3 cm³/mol.